The van der Waals surface area contributed by atoms with Crippen LogP contribution in [0.3, 0.4) is 0 Å². The molecule has 1 aliphatic rings. The third kappa shape index (κ3) is 1.26. The van der Waals surface area contributed by atoms with Crippen LogP contribution in [-0.4, -0.2) is 11.7 Å². The zero-order valence-corrected chi connectivity index (χ0v) is 6.99. The van der Waals surface area contributed by atoms with Crippen LogP contribution in [0, 0.1) is 5.41 Å². The van der Waals surface area contributed by atoms with Gasteiger partial charge in [-0.3, -0.25) is 0 Å². The lowest BCUT2D eigenvalue weighted by molar-refractivity contribution is 0.252. The van der Waals surface area contributed by atoms with Gasteiger partial charge in [0.1, 0.15) is 0 Å². The molecule has 54 valence electrons. The summed E-state index contributed by atoms with van der Waals surface area (Å²) in [6.45, 7) is 10.9. The fourth-order valence-corrected chi connectivity index (χ4v) is 1.49. The lowest BCUT2D eigenvalue weighted by Crippen LogP contribution is -2.19. The Kier molecular flexibility index (Phi) is 1.19. The molecule has 0 spiro atoms. The maximum absolute atomic E-state index is 5.47. The van der Waals surface area contributed by atoms with E-state index in [1.165, 1.54) is 0 Å². The van der Waals surface area contributed by atoms with Gasteiger partial charge in [-0.25, -0.2) is 0 Å². The molecule has 1 nitrogen and oxygen atoms in total. The van der Waals surface area contributed by atoms with Crippen LogP contribution in [0.15, 0.2) is 0 Å². The van der Waals surface area contributed by atoms with Crippen molar-refractivity contribution in [3.05, 3.63) is 0 Å². The number of hydrogen-bond acceptors (Lipinski definition) is 1. The lowest BCUT2D eigenvalue weighted by atomic mass is 9.86. The highest BCUT2D eigenvalue weighted by Gasteiger charge is 2.54. The van der Waals surface area contributed by atoms with Gasteiger partial charge in [-0.15, -0.1) is 0 Å². The SMILES string of the molecule is CC(C)(C)[C@H]1OC1(C)C. The summed E-state index contributed by atoms with van der Waals surface area (Å²) >= 11 is 0. The molecule has 0 saturated carbocycles. The van der Waals surface area contributed by atoms with Gasteiger partial charge < -0.3 is 4.74 Å². The molecule has 0 N–H and O–H groups in total. The van der Waals surface area contributed by atoms with Crippen molar-refractivity contribution in [3.63, 3.8) is 0 Å². The van der Waals surface area contributed by atoms with Crippen LogP contribution in [0.2, 0.25) is 0 Å². The summed E-state index contributed by atoms with van der Waals surface area (Å²) < 4.78 is 5.47. The van der Waals surface area contributed by atoms with Crippen LogP contribution >= 0.6 is 0 Å². The van der Waals surface area contributed by atoms with Crippen LogP contribution in [0.1, 0.15) is 34.6 Å². The second kappa shape index (κ2) is 1.51. The van der Waals surface area contributed by atoms with Crippen molar-refractivity contribution in [2.45, 2.75) is 46.3 Å². The Morgan fingerprint density at radius 1 is 1.22 bits per heavy atom. The zero-order valence-electron chi connectivity index (χ0n) is 6.99. The second-order valence-corrected chi connectivity index (χ2v) is 4.47. The molecule has 1 heterocycles. The van der Waals surface area contributed by atoms with Crippen molar-refractivity contribution >= 4 is 0 Å². The predicted molar refractivity (Wildman–Crippen MR) is 38.4 cm³/mol. The first kappa shape index (κ1) is 7.07. The van der Waals surface area contributed by atoms with Crippen LogP contribution in [-0.2, 0) is 4.74 Å². The Hall–Kier alpha value is -0.0400. The fourth-order valence-electron chi connectivity index (χ4n) is 1.49. The Morgan fingerprint density at radius 3 is 1.56 bits per heavy atom. The molecular weight excluding hydrogens is 112 g/mol. The smallest absolute Gasteiger partial charge is 0.0916 e. The molecule has 0 aromatic heterocycles. The van der Waals surface area contributed by atoms with E-state index >= 15 is 0 Å². The first-order valence-electron chi connectivity index (χ1n) is 3.52. The van der Waals surface area contributed by atoms with E-state index < -0.39 is 0 Å². The Bertz CT molecular complexity index is 119. The average Bonchev–Trinajstić information content (AvgIpc) is 2.10. The summed E-state index contributed by atoms with van der Waals surface area (Å²) in [6, 6.07) is 0. The van der Waals surface area contributed by atoms with Crippen molar-refractivity contribution in [2.75, 3.05) is 0 Å². The minimum atomic E-state index is 0.151. The van der Waals surface area contributed by atoms with Crippen molar-refractivity contribution in [1.29, 1.82) is 0 Å². The average molecular weight is 128 g/mol. The standard InChI is InChI=1S/C8H16O/c1-7(2,3)6-8(4,5)9-6/h6H,1-5H3/t6-/m1/s1. The lowest BCUT2D eigenvalue weighted by Gasteiger charge is -2.15. The van der Waals surface area contributed by atoms with Gasteiger partial charge in [-0.1, -0.05) is 20.8 Å². The van der Waals surface area contributed by atoms with E-state index in [0.717, 1.165) is 0 Å². The van der Waals surface area contributed by atoms with Crippen LogP contribution < -0.4 is 0 Å². The maximum Gasteiger partial charge on any atom is 0.0916 e. The van der Waals surface area contributed by atoms with Gasteiger partial charge in [-0.2, -0.15) is 0 Å². The van der Waals surface area contributed by atoms with Gasteiger partial charge >= 0.3 is 0 Å². The number of ether oxygens (including phenoxy) is 1. The van der Waals surface area contributed by atoms with E-state index in [1.54, 1.807) is 0 Å². The normalized spacial score (nSPS) is 32.3. The van der Waals surface area contributed by atoms with Crippen molar-refractivity contribution in [2.24, 2.45) is 5.41 Å². The highest BCUT2D eigenvalue weighted by Crippen LogP contribution is 2.46. The van der Waals surface area contributed by atoms with Crippen LogP contribution in [0.4, 0.5) is 0 Å². The summed E-state index contributed by atoms with van der Waals surface area (Å²) in [4.78, 5) is 0. The van der Waals surface area contributed by atoms with Gasteiger partial charge in [0.2, 0.25) is 0 Å². The Balaban J connectivity index is 2.52. The van der Waals surface area contributed by atoms with Crippen molar-refractivity contribution in [1.82, 2.24) is 0 Å². The molecule has 0 aromatic rings. The molecule has 0 radical (unpaired) electrons. The van der Waals surface area contributed by atoms with E-state index in [9.17, 15) is 0 Å². The largest absolute Gasteiger partial charge is 0.366 e. The molecular formula is C8H16O. The maximum atomic E-state index is 5.47. The minimum Gasteiger partial charge on any atom is -0.366 e. The summed E-state index contributed by atoms with van der Waals surface area (Å²) in [5.41, 5.74) is 0.474. The predicted octanol–water partition coefficient (Wildman–Crippen LogP) is 2.21. The van der Waals surface area contributed by atoms with Gasteiger partial charge in [0.25, 0.3) is 0 Å². The highest BCUT2D eigenvalue weighted by atomic mass is 16.6. The van der Waals surface area contributed by atoms with Crippen molar-refractivity contribution < 1.29 is 4.74 Å². The molecule has 0 aromatic carbocycles. The molecule has 0 aliphatic carbocycles. The molecule has 1 heteroatoms. The topological polar surface area (TPSA) is 12.5 Å². The fraction of sp³-hybridized carbons (Fsp3) is 1.00. The molecule has 0 unspecified atom stereocenters. The number of epoxide rings is 1. The third-order valence-electron chi connectivity index (χ3n) is 1.78. The zero-order chi connectivity index (χ0) is 7.28. The molecule has 1 atom stereocenters. The Labute approximate surface area is 57.4 Å². The molecule has 1 rings (SSSR count). The molecule has 0 bridgehead atoms. The van der Waals surface area contributed by atoms with Gasteiger partial charge in [0.05, 0.1) is 11.7 Å². The summed E-state index contributed by atoms with van der Waals surface area (Å²) in [5.74, 6) is 0. The first-order valence-corrected chi connectivity index (χ1v) is 3.52. The van der Waals surface area contributed by atoms with E-state index in [-0.39, 0.29) is 5.60 Å². The second-order valence-electron chi connectivity index (χ2n) is 4.47. The van der Waals surface area contributed by atoms with Gasteiger partial charge in [-0.05, 0) is 19.3 Å². The number of hydrogen-bond donors (Lipinski definition) is 0. The third-order valence-corrected chi connectivity index (χ3v) is 1.78. The quantitative estimate of drug-likeness (QED) is 0.456. The Morgan fingerprint density at radius 2 is 1.56 bits per heavy atom. The molecule has 9 heavy (non-hydrogen) atoms. The highest BCUT2D eigenvalue weighted by molar-refractivity contribution is 5.01. The molecule has 1 fully saturated rings. The van der Waals surface area contributed by atoms with E-state index in [2.05, 4.69) is 34.6 Å². The van der Waals surface area contributed by atoms with Gasteiger partial charge in [0.15, 0.2) is 0 Å². The molecule has 1 aliphatic heterocycles. The van der Waals surface area contributed by atoms with Crippen LogP contribution in [0.5, 0.6) is 0 Å². The summed E-state index contributed by atoms with van der Waals surface area (Å²) in [5, 5.41) is 0. The van der Waals surface area contributed by atoms with E-state index in [1.807, 2.05) is 0 Å². The van der Waals surface area contributed by atoms with Crippen molar-refractivity contribution in [3.8, 4) is 0 Å². The summed E-state index contributed by atoms with van der Waals surface area (Å²) in [7, 11) is 0. The first-order chi connectivity index (χ1) is 3.84. The molecule has 1 saturated heterocycles. The van der Waals surface area contributed by atoms with Crippen LogP contribution in [0.25, 0.3) is 0 Å². The monoisotopic (exact) mass is 128 g/mol. The minimum absolute atomic E-state index is 0.151. The number of rotatable bonds is 0. The summed E-state index contributed by atoms with van der Waals surface area (Å²) in [6.07, 6.45) is 0.463. The van der Waals surface area contributed by atoms with Gasteiger partial charge in [0, 0.05) is 0 Å². The molecule has 0 amide bonds. The van der Waals surface area contributed by atoms with E-state index in [0.29, 0.717) is 11.5 Å². The van der Waals surface area contributed by atoms with E-state index in [4.69, 9.17) is 4.74 Å².